The Kier molecular flexibility index (Phi) is 7.07. The smallest absolute Gasteiger partial charge is 0.254 e. The van der Waals surface area contributed by atoms with E-state index in [1.165, 1.54) is 0 Å². The van der Waals surface area contributed by atoms with Gasteiger partial charge in [-0.1, -0.05) is 48.2 Å². The molecular formula is C38H32N6O2. The number of likely N-dealkylation sites (tertiary alicyclic amines) is 2. The van der Waals surface area contributed by atoms with Crippen LogP contribution in [0.25, 0.3) is 22.1 Å². The second-order valence-electron chi connectivity index (χ2n) is 12.0. The summed E-state index contributed by atoms with van der Waals surface area (Å²) in [4.78, 5) is 46.9. The summed E-state index contributed by atoms with van der Waals surface area (Å²) in [7, 11) is 0. The second kappa shape index (κ2) is 11.7. The van der Waals surface area contributed by atoms with E-state index in [1.807, 2.05) is 107 Å². The summed E-state index contributed by atoms with van der Waals surface area (Å²) < 4.78 is 0. The lowest BCUT2D eigenvalue weighted by atomic mass is 10.1. The lowest BCUT2D eigenvalue weighted by molar-refractivity contribution is 0.0723. The predicted molar refractivity (Wildman–Crippen MR) is 177 cm³/mol. The van der Waals surface area contributed by atoms with Crippen LogP contribution in [0.4, 0.5) is 0 Å². The summed E-state index contributed by atoms with van der Waals surface area (Å²) >= 11 is 0. The fraction of sp³-hybridized carbons (Fsp3) is 0.211. The van der Waals surface area contributed by atoms with Gasteiger partial charge in [0.25, 0.3) is 11.8 Å². The Balaban J connectivity index is 1.01. The molecule has 8 nitrogen and oxygen atoms in total. The number of imidazole rings is 2. The number of benzene rings is 4. The quantitative estimate of drug-likeness (QED) is 0.217. The molecule has 2 atom stereocenters. The first-order valence-corrected chi connectivity index (χ1v) is 15.8. The number of carbonyl (C=O) groups is 2. The van der Waals surface area contributed by atoms with Crippen molar-refractivity contribution in [1.82, 2.24) is 29.7 Å². The highest BCUT2D eigenvalue weighted by molar-refractivity contribution is 5.95. The molecule has 8 rings (SSSR count). The van der Waals surface area contributed by atoms with Gasteiger partial charge >= 0.3 is 0 Å². The van der Waals surface area contributed by atoms with E-state index in [-0.39, 0.29) is 23.9 Å². The van der Waals surface area contributed by atoms with Gasteiger partial charge in [0.05, 0.1) is 34.2 Å². The topological polar surface area (TPSA) is 98.0 Å². The van der Waals surface area contributed by atoms with Gasteiger partial charge in [-0.3, -0.25) is 9.59 Å². The second-order valence-corrected chi connectivity index (χ2v) is 12.0. The first kappa shape index (κ1) is 27.8. The first-order valence-electron chi connectivity index (χ1n) is 15.8. The molecule has 2 N–H and O–H groups in total. The predicted octanol–water partition coefficient (Wildman–Crippen LogP) is 6.79. The van der Waals surface area contributed by atoms with Gasteiger partial charge in [0.2, 0.25) is 0 Å². The molecule has 0 bridgehead atoms. The summed E-state index contributed by atoms with van der Waals surface area (Å²) in [6, 6.07) is 30.7. The lowest BCUT2D eigenvalue weighted by Gasteiger charge is -2.23. The Morgan fingerprint density at radius 3 is 1.74 bits per heavy atom. The van der Waals surface area contributed by atoms with Gasteiger partial charge in [-0.05, 0) is 86.3 Å². The van der Waals surface area contributed by atoms with Gasteiger partial charge < -0.3 is 19.8 Å². The van der Waals surface area contributed by atoms with Gasteiger partial charge in [0.1, 0.15) is 11.6 Å². The third kappa shape index (κ3) is 5.20. The van der Waals surface area contributed by atoms with E-state index in [2.05, 4.69) is 21.8 Å². The Morgan fingerprint density at radius 2 is 1.13 bits per heavy atom. The zero-order chi connectivity index (χ0) is 31.0. The van der Waals surface area contributed by atoms with Crippen molar-refractivity contribution in [2.45, 2.75) is 37.8 Å². The summed E-state index contributed by atoms with van der Waals surface area (Å²) in [6.07, 6.45) is 3.66. The van der Waals surface area contributed by atoms with Crippen LogP contribution in [-0.4, -0.2) is 54.6 Å². The Morgan fingerprint density at radius 1 is 0.609 bits per heavy atom. The van der Waals surface area contributed by atoms with E-state index < -0.39 is 0 Å². The molecule has 0 radical (unpaired) electrons. The monoisotopic (exact) mass is 604 g/mol. The summed E-state index contributed by atoms with van der Waals surface area (Å²) in [5.74, 6) is 8.29. The zero-order valence-corrected chi connectivity index (χ0v) is 25.2. The number of aromatic amines is 2. The van der Waals surface area contributed by atoms with Gasteiger partial charge in [0.15, 0.2) is 0 Å². The minimum Gasteiger partial charge on any atom is -0.340 e. The molecule has 0 saturated carbocycles. The van der Waals surface area contributed by atoms with Gasteiger partial charge in [-0.15, -0.1) is 0 Å². The lowest BCUT2D eigenvalue weighted by Crippen LogP contribution is -2.31. The number of nitrogens with one attached hydrogen (secondary N) is 2. The number of H-pyrrole nitrogens is 2. The van der Waals surface area contributed by atoms with Gasteiger partial charge in [-0.2, -0.15) is 0 Å². The van der Waals surface area contributed by atoms with E-state index in [4.69, 9.17) is 9.97 Å². The van der Waals surface area contributed by atoms with Crippen molar-refractivity contribution in [1.29, 1.82) is 0 Å². The van der Waals surface area contributed by atoms with Gasteiger partial charge in [0, 0.05) is 35.3 Å². The Labute approximate surface area is 266 Å². The van der Waals surface area contributed by atoms with Crippen molar-refractivity contribution in [3.05, 3.63) is 131 Å². The van der Waals surface area contributed by atoms with E-state index in [1.54, 1.807) is 0 Å². The molecule has 2 aliphatic rings. The maximum Gasteiger partial charge on any atom is 0.254 e. The minimum absolute atomic E-state index is 0.0392. The fourth-order valence-electron chi connectivity index (χ4n) is 6.75. The molecule has 2 saturated heterocycles. The standard InChI is InChI=1S/C38H32N6O2/c45-37(27-9-3-1-4-10-27)43-21-7-13-33(43)35-39-29-19-17-25(23-31(29)41-35)15-16-26-18-20-30-32(24-26)42-36(40-30)34-14-8-22-44(34)38(46)28-11-5-2-6-12-28/h1-6,9-12,17-20,23-24,33-34H,7-8,13-14,21-22H2,(H,39,41)(H,40,42)/t33-,34?/m0/s1. The summed E-state index contributed by atoms with van der Waals surface area (Å²) in [5, 5.41) is 0. The molecule has 46 heavy (non-hydrogen) atoms. The average Bonchev–Trinajstić information content (AvgIpc) is 3.92. The van der Waals surface area contributed by atoms with E-state index >= 15 is 0 Å². The normalized spacial score (nSPS) is 17.8. The molecule has 2 amide bonds. The average molecular weight is 605 g/mol. The van der Waals surface area contributed by atoms with Crippen molar-refractivity contribution in [2.24, 2.45) is 0 Å². The highest BCUT2D eigenvalue weighted by Gasteiger charge is 2.34. The maximum atomic E-state index is 13.2. The third-order valence-corrected chi connectivity index (χ3v) is 9.05. The molecule has 4 aromatic carbocycles. The number of hydrogen-bond acceptors (Lipinski definition) is 4. The SMILES string of the molecule is O=C(c1ccccc1)N1CCCC1c1nc2cc(C#Cc3ccc4nc([C@@H]5CCCN5C(=O)c5ccccc5)[nH]c4c3)ccc2[nH]1. The molecule has 2 aromatic heterocycles. The highest BCUT2D eigenvalue weighted by Crippen LogP contribution is 2.34. The molecule has 2 fully saturated rings. The van der Waals surface area contributed by atoms with Crippen LogP contribution in [0.15, 0.2) is 97.1 Å². The van der Waals surface area contributed by atoms with Crippen LogP contribution < -0.4 is 0 Å². The van der Waals surface area contributed by atoms with E-state index in [0.717, 1.165) is 83.6 Å². The van der Waals surface area contributed by atoms with Crippen molar-refractivity contribution >= 4 is 33.9 Å². The van der Waals surface area contributed by atoms with Crippen molar-refractivity contribution in [3.8, 4) is 11.8 Å². The van der Waals surface area contributed by atoms with Crippen LogP contribution in [0.5, 0.6) is 0 Å². The summed E-state index contributed by atoms with van der Waals surface area (Å²) in [5.41, 5.74) is 6.66. The molecular weight excluding hydrogens is 572 g/mol. The number of hydrogen-bond donors (Lipinski definition) is 2. The first-order chi connectivity index (χ1) is 22.6. The molecule has 0 aliphatic carbocycles. The van der Waals surface area contributed by atoms with Crippen molar-refractivity contribution < 1.29 is 9.59 Å². The van der Waals surface area contributed by atoms with Crippen LogP contribution in [0, 0.1) is 11.8 Å². The molecule has 4 heterocycles. The number of fused-ring (bicyclic) bond motifs is 2. The molecule has 8 heteroatoms. The number of amides is 2. The number of nitrogens with zero attached hydrogens (tertiary/aromatic N) is 4. The highest BCUT2D eigenvalue weighted by atomic mass is 16.2. The number of rotatable bonds is 4. The third-order valence-electron chi connectivity index (χ3n) is 9.05. The zero-order valence-electron chi connectivity index (χ0n) is 25.2. The molecule has 6 aromatic rings. The molecule has 1 unspecified atom stereocenters. The number of aromatic nitrogens is 4. The van der Waals surface area contributed by atoms with E-state index in [9.17, 15) is 9.59 Å². The molecule has 226 valence electrons. The van der Waals surface area contributed by atoms with Crippen LogP contribution in [0.1, 0.15) is 81.3 Å². The Bertz CT molecular complexity index is 1990. The molecule has 0 spiro atoms. The minimum atomic E-state index is -0.0760. The van der Waals surface area contributed by atoms with Gasteiger partial charge in [-0.25, -0.2) is 9.97 Å². The fourth-order valence-corrected chi connectivity index (χ4v) is 6.75. The van der Waals surface area contributed by atoms with E-state index in [0.29, 0.717) is 11.1 Å². The largest absolute Gasteiger partial charge is 0.340 e. The van der Waals surface area contributed by atoms with Crippen LogP contribution in [0.2, 0.25) is 0 Å². The summed E-state index contributed by atoms with van der Waals surface area (Å²) in [6.45, 7) is 1.44. The number of carbonyl (C=O) groups excluding carboxylic acids is 2. The van der Waals surface area contributed by atoms with Crippen LogP contribution in [0.3, 0.4) is 0 Å². The van der Waals surface area contributed by atoms with Crippen LogP contribution in [-0.2, 0) is 0 Å². The van der Waals surface area contributed by atoms with Crippen molar-refractivity contribution in [2.75, 3.05) is 13.1 Å². The maximum absolute atomic E-state index is 13.2. The molecule has 2 aliphatic heterocycles. The Hall–Kier alpha value is -5.68. The van der Waals surface area contributed by atoms with Crippen molar-refractivity contribution in [3.63, 3.8) is 0 Å². The van der Waals surface area contributed by atoms with Crippen LogP contribution >= 0.6 is 0 Å².